The number of benzene rings is 1. The standard InChI is InChI=1S/C19H23FN2O3.ClH/c1-2-3-4-5-6-7-10-25-15-12-21-18(22-13-15)16-9-8-14(19(23)24)11-17(16)20;/h8-9,11-13H,2-7,10H2,1H3,(H,23,24);1H. The first-order valence-electron chi connectivity index (χ1n) is 8.60. The van der Waals surface area contributed by atoms with Crippen molar-refractivity contribution in [3.8, 4) is 17.1 Å². The number of aromatic nitrogens is 2. The topological polar surface area (TPSA) is 72.3 Å². The SMILES string of the molecule is CCCCCCCCOc1cnc(-c2ccc(C(=O)O)cc2F)nc1.Cl. The van der Waals surface area contributed by atoms with Crippen LogP contribution in [-0.4, -0.2) is 27.7 Å². The first-order valence-corrected chi connectivity index (χ1v) is 8.60. The van der Waals surface area contributed by atoms with Gasteiger partial charge in [-0.3, -0.25) is 0 Å². The summed E-state index contributed by atoms with van der Waals surface area (Å²) >= 11 is 0. The van der Waals surface area contributed by atoms with Crippen LogP contribution in [0.1, 0.15) is 55.8 Å². The van der Waals surface area contributed by atoms with E-state index in [0.29, 0.717) is 12.4 Å². The zero-order valence-corrected chi connectivity index (χ0v) is 15.6. The molecule has 0 saturated carbocycles. The molecular weight excluding hydrogens is 359 g/mol. The fourth-order valence-electron chi connectivity index (χ4n) is 2.43. The number of rotatable bonds is 10. The molecule has 1 aromatic carbocycles. The highest BCUT2D eigenvalue weighted by molar-refractivity contribution is 5.88. The van der Waals surface area contributed by atoms with Crippen LogP contribution >= 0.6 is 12.4 Å². The summed E-state index contributed by atoms with van der Waals surface area (Å²) in [7, 11) is 0. The van der Waals surface area contributed by atoms with Gasteiger partial charge in [0.15, 0.2) is 11.6 Å². The maximum absolute atomic E-state index is 14.0. The van der Waals surface area contributed by atoms with Crippen molar-refractivity contribution in [2.45, 2.75) is 45.4 Å². The third-order valence-electron chi connectivity index (χ3n) is 3.85. The van der Waals surface area contributed by atoms with Gasteiger partial charge in [-0.25, -0.2) is 19.2 Å². The van der Waals surface area contributed by atoms with Gasteiger partial charge >= 0.3 is 5.97 Å². The van der Waals surface area contributed by atoms with Crippen molar-refractivity contribution in [2.24, 2.45) is 0 Å². The quantitative estimate of drug-likeness (QED) is 0.576. The Morgan fingerprint density at radius 2 is 1.77 bits per heavy atom. The number of nitrogens with zero attached hydrogens (tertiary/aromatic N) is 2. The molecule has 0 unspecified atom stereocenters. The highest BCUT2D eigenvalue weighted by Gasteiger charge is 2.12. The van der Waals surface area contributed by atoms with Gasteiger partial charge in [-0.2, -0.15) is 0 Å². The Morgan fingerprint density at radius 3 is 2.38 bits per heavy atom. The predicted molar refractivity (Wildman–Crippen MR) is 101 cm³/mol. The minimum atomic E-state index is -1.18. The number of ether oxygens (including phenoxy) is 1. The first kappa shape index (κ1) is 21.8. The fraction of sp³-hybridized carbons (Fsp3) is 0.421. The number of aromatic carboxylic acids is 1. The molecule has 0 aliphatic rings. The molecule has 2 rings (SSSR count). The average molecular weight is 383 g/mol. The molecule has 0 spiro atoms. The Kier molecular flexibility index (Phi) is 9.58. The molecule has 5 nitrogen and oxygen atoms in total. The summed E-state index contributed by atoms with van der Waals surface area (Å²) in [5.41, 5.74) is 0.0487. The van der Waals surface area contributed by atoms with E-state index in [1.165, 1.54) is 50.2 Å². The van der Waals surface area contributed by atoms with Crippen molar-refractivity contribution in [2.75, 3.05) is 6.61 Å². The maximum Gasteiger partial charge on any atom is 0.335 e. The van der Waals surface area contributed by atoms with Crippen LogP contribution in [0, 0.1) is 5.82 Å². The molecule has 1 heterocycles. The van der Waals surface area contributed by atoms with E-state index in [-0.39, 0.29) is 29.4 Å². The van der Waals surface area contributed by atoms with E-state index in [1.54, 1.807) is 0 Å². The third kappa shape index (κ3) is 6.59. The molecular formula is C19H24ClFN2O3. The lowest BCUT2D eigenvalue weighted by molar-refractivity contribution is 0.0696. The highest BCUT2D eigenvalue weighted by atomic mass is 35.5. The second-order valence-corrected chi connectivity index (χ2v) is 5.86. The number of carbonyl (C=O) groups is 1. The summed E-state index contributed by atoms with van der Waals surface area (Å²) in [6.07, 6.45) is 10.1. The minimum absolute atomic E-state index is 0. The van der Waals surface area contributed by atoms with Crippen molar-refractivity contribution in [1.29, 1.82) is 0 Å². The Bertz CT molecular complexity index is 696. The molecule has 0 atom stereocenters. The monoisotopic (exact) mass is 382 g/mol. The van der Waals surface area contributed by atoms with Gasteiger partial charge in [-0.15, -0.1) is 12.4 Å². The van der Waals surface area contributed by atoms with Crippen LogP contribution < -0.4 is 4.74 Å². The summed E-state index contributed by atoms with van der Waals surface area (Å²) in [6.45, 7) is 2.80. The van der Waals surface area contributed by atoms with E-state index in [4.69, 9.17) is 9.84 Å². The summed E-state index contributed by atoms with van der Waals surface area (Å²) in [5.74, 6) is -1.10. The van der Waals surface area contributed by atoms with E-state index in [1.807, 2.05) is 0 Å². The van der Waals surface area contributed by atoms with Crippen molar-refractivity contribution < 1.29 is 19.0 Å². The minimum Gasteiger partial charge on any atom is -0.490 e. The lowest BCUT2D eigenvalue weighted by Gasteiger charge is -2.07. The predicted octanol–water partition coefficient (Wildman–Crippen LogP) is 5.14. The van der Waals surface area contributed by atoms with Gasteiger partial charge in [0.05, 0.1) is 30.1 Å². The van der Waals surface area contributed by atoms with Crippen LogP contribution in [0.15, 0.2) is 30.6 Å². The van der Waals surface area contributed by atoms with Crippen LogP contribution in [0.4, 0.5) is 4.39 Å². The Morgan fingerprint density at radius 1 is 1.12 bits per heavy atom. The largest absolute Gasteiger partial charge is 0.490 e. The molecule has 2 aromatic rings. The number of carboxylic acid groups (broad SMARTS) is 1. The summed E-state index contributed by atoms with van der Waals surface area (Å²) in [5, 5.41) is 8.86. The van der Waals surface area contributed by atoms with Crippen LogP contribution in [0.2, 0.25) is 0 Å². The third-order valence-corrected chi connectivity index (χ3v) is 3.85. The second kappa shape index (κ2) is 11.4. The van der Waals surface area contributed by atoms with Crippen LogP contribution in [0.5, 0.6) is 5.75 Å². The molecule has 142 valence electrons. The smallest absolute Gasteiger partial charge is 0.335 e. The lowest BCUT2D eigenvalue weighted by Crippen LogP contribution is -2.01. The number of halogens is 2. The number of hydrogen-bond donors (Lipinski definition) is 1. The normalized spacial score (nSPS) is 10.2. The van der Waals surface area contributed by atoms with Crippen molar-refractivity contribution in [3.63, 3.8) is 0 Å². The zero-order valence-electron chi connectivity index (χ0n) is 14.8. The van der Waals surface area contributed by atoms with E-state index in [9.17, 15) is 9.18 Å². The molecule has 0 aliphatic carbocycles. The van der Waals surface area contributed by atoms with Gasteiger partial charge < -0.3 is 9.84 Å². The molecule has 0 amide bonds. The van der Waals surface area contributed by atoms with E-state index >= 15 is 0 Å². The maximum atomic E-state index is 14.0. The van der Waals surface area contributed by atoms with E-state index in [2.05, 4.69) is 16.9 Å². The van der Waals surface area contributed by atoms with Crippen molar-refractivity contribution in [1.82, 2.24) is 9.97 Å². The molecule has 1 aromatic heterocycles. The number of hydrogen-bond acceptors (Lipinski definition) is 4. The average Bonchev–Trinajstić information content (AvgIpc) is 2.61. The molecule has 0 bridgehead atoms. The van der Waals surface area contributed by atoms with Gasteiger partial charge in [0.2, 0.25) is 0 Å². The van der Waals surface area contributed by atoms with Crippen LogP contribution in [0.25, 0.3) is 11.4 Å². The summed E-state index contributed by atoms with van der Waals surface area (Å²) in [4.78, 5) is 19.0. The van der Waals surface area contributed by atoms with Gasteiger partial charge in [-0.1, -0.05) is 39.0 Å². The number of carboxylic acids is 1. The zero-order chi connectivity index (χ0) is 18.1. The van der Waals surface area contributed by atoms with Gasteiger partial charge in [0, 0.05) is 0 Å². The molecule has 0 fully saturated rings. The van der Waals surface area contributed by atoms with Crippen molar-refractivity contribution >= 4 is 18.4 Å². The Hall–Kier alpha value is -2.21. The Labute approximate surface area is 159 Å². The summed E-state index contributed by atoms with van der Waals surface area (Å²) < 4.78 is 19.6. The lowest BCUT2D eigenvalue weighted by atomic mass is 10.1. The van der Waals surface area contributed by atoms with Gasteiger partial charge in [0.1, 0.15) is 5.82 Å². The van der Waals surface area contributed by atoms with Crippen LogP contribution in [0.3, 0.4) is 0 Å². The second-order valence-electron chi connectivity index (χ2n) is 5.86. The number of unbranched alkanes of at least 4 members (excludes halogenated alkanes) is 5. The molecule has 0 saturated heterocycles. The molecule has 7 heteroatoms. The van der Waals surface area contributed by atoms with Gasteiger partial charge in [0.25, 0.3) is 0 Å². The fourth-order valence-corrected chi connectivity index (χ4v) is 2.43. The van der Waals surface area contributed by atoms with Crippen LogP contribution in [-0.2, 0) is 0 Å². The van der Waals surface area contributed by atoms with E-state index < -0.39 is 11.8 Å². The summed E-state index contributed by atoms with van der Waals surface area (Å²) in [6, 6.07) is 3.65. The molecule has 1 N–H and O–H groups in total. The highest BCUT2D eigenvalue weighted by Crippen LogP contribution is 2.21. The first-order chi connectivity index (χ1) is 12.1. The molecule has 0 radical (unpaired) electrons. The van der Waals surface area contributed by atoms with Crippen molar-refractivity contribution in [3.05, 3.63) is 42.0 Å². The Balaban J connectivity index is 0.00000338. The van der Waals surface area contributed by atoms with Gasteiger partial charge in [-0.05, 0) is 24.6 Å². The molecule has 0 aliphatic heterocycles. The molecule has 26 heavy (non-hydrogen) atoms. The van der Waals surface area contributed by atoms with E-state index in [0.717, 1.165) is 18.9 Å².